The molecule has 2 saturated heterocycles. The van der Waals surface area contributed by atoms with Crippen molar-refractivity contribution in [1.29, 1.82) is 0 Å². The number of carbonyl (C=O) groups is 2. The molecule has 0 aliphatic carbocycles. The van der Waals surface area contributed by atoms with Gasteiger partial charge in [-0.05, 0) is 20.5 Å². The highest BCUT2D eigenvalue weighted by Gasteiger charge is 2.57. The summed E-state index contributed by atoms with van der Waals surface area (Å²) in [6.45, 7) is 0.891. The van der Waals surface area contributed by atoms with Crippen molar-refractivity contribution in [3.63, 3.8) is 0 Å². The van der Waals surface area contributed by atoms with E-state index < -0.39 is 30.2 Å². The number of piperidine rings is 1. The molecular weight excluding hydrogens is 334 g/mol. The molecule has 0 N–H and O–H groups in total. The van der Waals surface area contributed by atoms with Crippen LogP contribution in [0.25, 0.3) is 0 Å². The fourth-order valence-corrected chi connectivity index (χ4v) is 3.67. The molecule has 2 amide bonds. The molecule has 1 spiro atoms. The molecule has 7 nitrogen and oxygen atoms in total. The minimum absolute atomic E-state index is 0.00835. The monoisotopic (exact) mass is 356 g/mol. The van der Waals surface area contributed by atoms with Crippen LogP contribution in [0.3, 0.4) is 0 Å². The van der Waals surface area contributed by atoms with Crippen molar-refractivity contribution in [3.05, 3.63) is 18.4 Å². The lowest BCUT2D eigenvalue weighted by molar-refractivity contribution is -0.151. The van der Waals surface area contributed by atoms with Crippen LogP contribution in [-0.2, 0) is 4.79 Å². The lowest BCUT2D eigenvalue weighted by atomic mass is 9.77. The van der Waals surface area contributed by atoms with Crippen molar-refractivity contribution < 1.29 is 22.8 Å². The van der Waals surface area contributed by atoms with Crippen LogP contribution in [0.1, 0.15) is 23.3 Å². The number of amides is 2. The molecule has 25 heavy (non-hydrogen) atoms. The van der Waals surface area contributed by atoms with Crippen LogP contribution >= 0.6 is 0 Å². The second-order valence-electron chi connectivity index (χ2n) is 7.19. The molecule has 0 bridgehead atoms. The minimum Gasteiger partial charge on any atom is -0.451 e. The van der Waals surface area contributed by atoms with Crippen molar-refractivity contribution >= 4 is 11.8 Å². The first kappa shape index (κ1) is 17.8. The minimum atomic E-state index is -3.11. The fraction of sp³-hybridized carbons (Fsp3) is 0.688. The Balaban J connectivity index is 1.79. The van der Waals surface area contributed by atoms with Crippen LogP contribution in [0.5, 0.6) is 0 Å². The maximum absolute atomic E-state index is 14.4. The maximum atomic E-state index is 14.4. The van der Waals surface area contributed by atoms with Gasteiger partial charge in [-0.2, -0.15) is 0 Å². The van der Waals surface area contributed by atoms with E-state index in [1.807, 2.05) is 19.0 Å². The first-order valence-electron chi connectivity index (χ1n) is 8.22. The van der Waals surface area contributed by atoms with Gasteiger partial charge in [-0.25, -0.2) is 13.8 Å². The zero-order chi connectivity index (χ0) is 18.2. The number of likely N-dealkylation sites (N-methyl/N-ethyl adjacent to an activating group) is 1. The third kappa shape index (κ3) is 3.51. The molecule has 138 valence electrons. The van der Waals surface area contributed by atoms with Crippen LogP contribution in [0, 0.1) is 5.41 Å². The fourth-order valence-electron chi connectivity index (χ4n) is 3.67. The Kier molecular flexibility index (Phi) is 4.52. The number of halogens is 2. The van der Waals surface area contributed by atoms with E-state index in [2.05, 4.69) is 4.98 Å². The first-order valence-corrected chi connectivity index (χ1v) is 8.22. The topological polar surface area (TPSA) is 69.9 Å². The summed E-state index contributed by atoms with van der Waals surface area (Å²) < 4.78 is 33.5. The maximum Gasteiger partial charge on any atom is 0.276 e. The summed E-state index contributed by atoms with van der Waals surface area (Å²) in [5.41, 5.74) is -1.24. The largest absolute Gasteiger partial charge is 0.451 e. The normalized spacial score (nSPS) is 26.0. The summed E-state index contributed by atoms with van der Waals surface area (Å²) in [4.78, 5) is 33.6. The van der Waals surface area contributed by atoms with Crippen LogP contribution in [0.2, 0.25) is 0 Å². The van der Waals surface area contributed by atoms with Crippen molar-refractivity contribution in [3.8, 4) is 0 Å². The van der Waals surface area contributed by atoms with Crippen molar-refractivity contribution in [2.45, 2.75) is 18.8 Å². The van der Waals surface area contributed by atoms with Crippen molar-refractivity contribution in [2.24, 2.45) is 5.41 Å². The average Bonchev–Trinajstić information content (AvgIpc) is 3.14. The number of aromatic nitrogens is 1. The predicted octanol–water partition coefficient (Wildman–Crippen LogP) is 0.936. The molecule has 3 heterocycles. The molecule has 9 heteroatoms. The number of nitrogens with zero attached hydrogens (tertiary/aromatic N) is 4. The van der Waals surface area contributed by atoms with Gasteiger partial charge < -0.3 is 19.1 Å². The van der Waals surface area contributed by atoms with Gasteiger partial charge in [0.2, 0.25) is 5.91 Å². The summed E-state index contributed by atoms with van der Waals surface area (Å²) in [6, 6.07) is 0. The van der Waals surface area contributed by atoms with Gasteiger partial charge in [0.25, 0.3) is 11.8 Å². The lowest BCUT2D eigenvalue weighted by Gasteiger charge is -2.42. The van der Waals surface area contributed by atoms with Crippen LogP contribution < -0.4 is 0 Å². The molecular formula is C16H22F2N4O3. The third-order valence-electron chi connectivity index (χ3n) is 4.87. The Morgan fingerprint density at radius 3 is 2.80 bits per heavy atom. The molecule has 2 aliphatic rings. The average molecular weight is 356 g/mol. The Hall–Kier alpha value is -2.03. The van der Waals surface area contributed by atoms with Crippen molar-refractivity contribution in [1.82, 2.24) is 19.7 Å². The predicted molar refractivity (Wildman–Crippen MR) is 84.2 cm³/mol. The van der Waals surface area contributed by atoms with E-state index in [4.69, 9.17) is 4.42 Å². The molecule has 1 aromatic rings. The summed E-state index contributed by atoms with van der Waals surface area (Å²) in [7, 11) is 3.78. The van der Waals surface area contributed by atoms with E-state index in [0.29, 0.717) is 26.1 Å². The second kappa shape index (κ2) is 6.36. The zero-order valence-electron chi connectivity index (χ0n) is 14.4. The summed E-state index contributed by atoms with van der Waals surface area (Å²) in [6.07, 6.45) is 2.02. The van der Waals surface area contributed by atoms with Gasteiger partial charge in [-0.3, -0.25) is 9.59 Å². The Morgan fingerprint density at radius 2 is 2.16 bits per heavy atom. The van der Waals surface area contributed by atoms with Crippen LogP contribution in [-0.4, -0.2) is 84.2 Å². The summed E-state index contributed by atoms with van der Waals surface area (Å²) >= 11 is 0. The summed E-state index contributed by atoms with van der Waals surface area (Å²) in [5, 5.41) is 0. The van der Waals surface area contributed by atoms with E-state index in [-0.39, 0.29) is 18.1 Å². The van der Waals surface area contributed by atoms with Gasteiger partial charge in [0.15, 0.2) is 12.1 Å². The molecule has 3 rings (SSSR count). The van der Waals surface area contributed by atoms with Crippen LogP contribution in [0.15, 0.2) is 17.1 Å². The molecule has 1 aromatic heterocycles. The lowest BCUT2D eigenvalue weighted by Crippen LogP contribution is -2.57. The molecule has 0 unspecified atom stereocenters. The SMILES string of the molecule is CN(C)CCN1CC[C@@]2(CN(C(=O)c3cocn3)CC(F)(F)C2)C1=O. The summed E-state index contributed by atoms with van der Waals surface area (Å²) in [5.74, 6) is -4.02. The van der Waals surface area contributed by atoms with Gasteiger partial charge in [0, 0.05) is 32.6 Å². The van der Waals surface area contributed by atoms with E-state index in [0.717, 1.165) is 17.6 Å². The van der Waals surface area contributed by atoms with E-state index in [9.17, 15) is 18.4 Å². The smallest absolute Gasteiger partial charge is 0.276 e. The molecule has 0 radical (unpaired) electrons. The van der Waals surface area contributed by atoms with E-state index >= 15 is 0 Å². The highest BCUT2D eigenvalue weighted by Crippen LogP contribution is 2.45. The number of hydrogen-bond acceptors (Lipinski definition) is 5. The molecule has 0 aromatic carbocycles. The van der Waals surface area contributed by atoms with Crippen molar-refractivity contribution in [2.75, 3.05) is 46.8 Å². The third-order valence-corrected chi connectivity index (χ3v) is 4.87. The molecule has 2 fully saturated rings. The number of hydrogen-bond donors (Lipinski definition) is 0. The second-order valence-corrected chi connectivity index (χ2v) is 7.19. The van der Waals surface area contributed by atoms with Gasteiger partial charge in [-0.15, -0.1) is 0 Å². The quantitative estimate of drug-likeness (QED) is 0.803. The van der Waals surface area contributed by atoms with Crippen LogP contribution in [0.4, 0.5) is 8.78 Å². The first-order chi connectivity index (χ1) is 11.7. The molecule has 1 atom stereocenters. The van der Waals surface area contributed by atoms with Gasteiger partial charge in [0.1, 0.15) is 6.26 Å². The molecule has 0 saturated carbocycles. The highest BCUT2D eigenvalue weighted by atomic mass is 19.3. The molecule has 2 aliphatic heterocycles. The van der Waals surface area contributed by atoms with Gasteiger partial charge in [0.05, 0.1) is 12.0 Å². The van der Waals surface area contributed by atoms with Gasteiger partial charge >= 0.3 is 0 Å². The highest BCUT2D eigenvalue weighted by molar-refractivity contribution is 5.93. The van der Waals surface area contributed by atoms with E-state index in [1.165, 1.54) is 0 Å². The van der Waals surface area contributed by atoms with Gasteiger partial charge in [-0.1, -0.05) is 0 Å². The standard InChI is InChI=1S/C16H22F2N4O3/c1-20(2)5-6-21-4-3-15(14(21)24)8-16(17,18)10-22(9-15)13(23)12-7-25-11-19-12/h7,11H,3-6,8-10H2,1-2H3/t15-/m1/s1. The Labute approximate surface area is 144 Å². The van der Waals surface area contributed by atoms with E-state index in [1.54, 1.807) is 4.90 Å². The zero-order valence-corrected chi connectivity index (χ0v) is 14.4. The number of alkyl halides is 2. The Bertz CT molecular complexity index is 650. The number of rotatable bonds is 4. The number of likely N-dealkylation sites (tertiary alicyclic amines) is 2. The number of oxazole rings is 1. The Morgan fingerprint density at radius 1 is 1.40 bits per heavy atom. The number of carbonyl (C=O) groups excluding carboxylic acids is 2.